The summed E-state index contributed by atoms with van der Waals surface area (Å²) in [5, 5.41) is 10.1. The molecule has 0 aromatic rings. The monoisotopic (exact) mass is 260 g/mol. The van der Waals surface area contributed by atoms with E-state index in [0.29, 0.717) is 0 Å². The molecule has 0 atom stereocenters. The molecule has 1 N–H and O–H groups in total. The Morgan fingerprint density at radius 2 is 1.00 bits per heavy atom. The molecule has 0 amide bonds. The van der Waals surface area contributed by atoms with Gasteiger partial charge in [0.25, 0.3) is 0 Å². The van der Waals surface area contributed by atoms with Gasteiger partial charge in [0, 0.05) is 13.1 Å². The summed E-state index contributed by atoms with van der Waals surface area (Å²) in [5.41, 5.74) is 0. The molecule has 0 saturated heterocycles. The zero-order chi connectivity index (χ0) is 14.1. The van der Waals surface area contributed by atoms with Gasteiger partial charge in [0.2, 0.25) is 0 Å². The van der Waals surface area contributed by atoms with Crippen LogP contribution in [0.1, 0.15) is 12.8 Å². The van der Waals surface area contributed by atoms with Crippen molar-refractivity contribution in [3.05, 3.63) is 0 Å². The van der Waals surface area contributed by atoms with Crippen LogP contribution in [0, 0.1) is 0 Å². The first-order chi connectivity index (χ1) is 8.34. The van der Waals surface area contributed by atoms with Crippen LogP contribution in [0.2, 0.25) is 0 Å². The van der Waals surface area contributed by atoms with Gasteiger partial charge in [0.05, 0.1) is 0 Å². The standard InChI is InChI=1S/C13H32N4O/c1-14(2)9-7-11-16(5)13(18)17(6)12-8-10-15(3)4/h13,18H,7-12H2,1-6H3. The second-order valence-corrected chi connectivity index (χ2v) is 5.62. The van der Waals surface area contributed by atoms with Crippen molar-refractivity contribution in [1.29, 1.82) is 0 Å². The number of aliphatic hydroxyl groups is 1. The lowest BCUT2D eigenvalue weighted by atomic mass is 10.3. The number of rotatable bonds is 10. The normalized spacial score (nSPS) is 12.7. The van der Waals surface area contributed by atoms with E-state index < -0.39 is 6.35 Å². The molecular formula is C13H32N4O. The summed E-state index contributed by atoms with van der Waals surface area (Å²) in [6.45, 7) is 3.94. The van der Waals surface area contributed by atoms with Gasteiger partial charge >= 0.3 is 0 Å². The van der Waals surface area contributed by atoms with Crippen molar-refractivity contribution in [2.24, 2.45) is 0 Å². The minimum atomic E-state index is -0.477. The van der Waals surface area contributed by atoms with Crippen LogP contribution in [-0.2, 0) is 0 Å². The van der Waals surface area contributed by atoms with E-state index in [-0.39, 0.29) is 0 Å². The highest BCUT2D eigenvalue weighted by Gasteiger charge is 2.15. The van der Waals surface area contributed by atoms with Crippen LogP contribution in [0.3, 0.4) is 0 Å². The molecule has 0 fully saturated rings. The van der Waals surface area contributed by atoms with Crippen LogP contribution in [0.4, 0.5) is 0 Å². The van der Waals surface area contributed by atoms with Gasteiger partial charge in [0.1, 0.15) is 0 Å². The Bertz CT molecular complexity index is 179. The summed E-state index contributed by atoms with van der Waals surface area (Å²) in [7, 11) is 12.2. The highest BCUT2D eigenvalue weighted by Crippen LogP contribution is 2.01. The number of nitrogens with zero attached hydrogens (tertiary/aromatic N) is 4. The van der Waals surface area contributed by atoms with Gasteiger partial charge in [-0.2, -0.15) is 0 Å². The van der Waals surface area contributed by atoms with Crippen molar-refractivity contribution in [3.8, 4) is 0 Å². The third-order valence-corrected chi connectivity index (χ3v) is 3.02. The molecule has 0 aliphatic carbocycles. The second-order valence-electron chi connectivity index (χ2n) is 5.62. The van der Waals surface area contributed by atoms with E-state index in [1.807, 2.05) is 23.9 Å². The summed E-state index contributed by atoms with van der Waals surface area (Å²) in [6, 6.07) is 0. The van der Waals surface area contributed by atoms with Gasteiger partial charge in [-0.25, -0.2) is 0 Å². The summed E-state index contributed by atoms with van der Waals surface area (Å²) in [6.07, 6.45) is 1.67. The van der Waals surface area contributed by atoms with Gasteiger partial charge in [-0.15, -0.1) is 0 Å². The quantitative estimate of drug-likeness (QED) is 0.561. The predicted molar refractivity (Wildman–Crippen MR) is 77.6 cm³/mol. The molecule has 0 bridgehead atoms. The van der Waals surface area contributed by atoms with Crippen LogP contribution in [0.25, 0.3) is 0 Å². The molecule has 110 valence electrons. The van der Waals surface area contributed by atoms with E-state index in [4.69, 9.17) is 0 Å². The molecule has 0 aliphatic rings. The Kier molecular flexibility index (Phi) is 9.59. The highest BCUT2D eigenvalue weighted by molar-refractivity contribution is 4.60. The Hall–Kier alpha value is -0.200. The van der Waals surface area contributed by atoms with Crippen molar-refractivity contribution in [1.82, 2.24) is 19.6 Å². The fourth-order valence-electron chi connectivity index (χ4n) is 1.84. The fourth-order valence-corrected chi connectivity index (χ4v) is 1.84. The van der Waals surface area contributed by atoms with Crippen molar-refractivity contribution >= 4 is 0 Å². The third-order valence-electron chi connectivity index (χ3n) is 3.02. The first-order valence-electron chi connectivity index (χ1n) is 6.72. The molecule has 0 unspecified atom stereocenters. The van der Waals surface area contributed by atoms with Gasteiger partial charge in [0.15, 0.2) is 6.35 Å². The molecule has 0 aliphatic heterocycles. The lowest BCUT2D eigenvalue weighted by Gasteiger charge is -2.31. The van der Waals surface area contributed by atoms with Crippen LogP contribution >= 0.6 is 0 Å². The molecule has 5 heteroatoms. The molecule has 18 heavy (non-hydrogen) atoms. The van der Waals surface area contributed by atoms with E-state index >= 15 is 0 Å². The molecule has 0 radical (unpaired) electrons. The fraction of sp³-hybridized carbons (Fsp3) is 1.00. The molecule has 0 aromatic carbocycles. The summed E-state index contributed by atoms with van der Waals surface area (Å²) >= 11 is 0. The van der Waals surface area contributed by atoms with Crippen molar-refractivity contribution in [2.75, 3.05) is 68.5 Å². The zero-order valence-electron chi connectivity index (χ0n) is 13.1. The highest BCUT2D eigenvalue weighted by atomic mass is 16.3. The topological polar surface area (TPSA) is 33.2 Å². The van der Waals surface area contributed by atoms with Crippen LogP contribution in [0.5, 0.6) is 0 Å². The van der Waals surface area contributed by atoms with Crippen molar-refractivity contribution in [2.45, 2.75) is 19.2 Å². The van der Waals surface area contributed by atoms with Crippen LogP contribution in [-0.4, -0.2) is 99.5 Å². The molecule has 0 saturated carbocycles. The summed E-state index contributed by atoms with van der Waals surface area (Å²) < 4.78 is 0. The van der Waals surface area contributed by atoms with E-state index in [1.54, 1.807) is 0 Å². The Morgan fingerprint density at radius 1 is 0.667 bits per heavy atom. The second kappa shape index (κ2) is 9.69. The van der Waals surface area contributed by atoms with Crippen molar-refractivity contribution < 1.29 is 5.11 Å². The Balaban J connectivity index is 3.78. The molecule has 0 spiro atoms. The Morgan fingerprint density at radius 3 is 1.28 bits per heavy atom. The SMILES string of the molecule is CN(C)CCCN(C)C(O)N(C)CCCN(C)C. The van der Waals surface area contributed by atoms with E-state index in [2.05, 4.69) is 38.0 Å². The van der Waals surface area contributed by atoms with Gasteiger partial charge in [-0.1, -0.05) is 0 Å². The molecule has 5 nitrogen and oxygen atoms in total. The maximum Gasteiger partial charge on any atom is 0.165 e. The first-order valence-corrected chi connectivity index (χ1v) is 6.72. The van der Waals surface area contributed by atoms with E-state index in [1.165, 1.54) is 0 Å². The maximum absolute atomic E-state index is 10.1. The maximum atomic E-state index is 10.1. The van der Waals surface area contributed by atoms with Crippen LogP contribution < -0.4 is 0 Å². The number of aliphatic hydroxyl groups excluding tert-OH is 1. The van der Waals surface area contributed by atoms with E-state index in [0.717, 1.165) is 39.0 Å². The molecule has 0 aromatic heterocycles. The van der Waals surface area contributed by atoms with Gasteiger partial charge in [-0.05, 0) is 68.2 Å². The minimum absolute atomic E-state index is 0.477. The minimum Gasteiger partial charge on any atom is -0.365 e. The average Bonchev–Trinajstić information content (AvgIpc) is 2.26. The van der Waals surface area contributed by atoms with Crippen LogP contribution in [0.15, 0.2) is 0 Å². The molecule has 0 rings (SSSR count). The lowest BCUT2D eigenvalue weighted by Crippen LogP contribution is -2.46. The zero-order valence-corrected chi connectivity index (χ0v) is 13.1. The van der Waals surface area contributed by atoms with Crippen molar-refractivity contribution in [3.63, 3.8) is 0 Å². The average molecular weight is 260 g/mol. The number of hydrogen-bond donors (Lipinski definition) is 1. The third kappa shape index (κ3) is 8.83. The first kappa shape index (κ1) is 17.8. The number of hydrogen-bond acceptors (Lipinski definition) is 5. The largest absolute Gasteiger partial charge is 0.365 e. The summed E-state index contributed by atoms with van der Waals surface area (Å²) in [5.74, 6) is 0. The lowest BCUT2D eigenvalue weighted by molar-refractivity contribution is -0.0902. The summed E-state index contributed by atoms with van der Waals surface area (Å²) in [4.78, 5) is 8.33. The predicted octanol–water partition coefficient (Wildman–Crippen LogP) is 0.0293. The van der Waals surface area contributed by atoms with E-state index in [9.17, 15) is 5.11 Å². The molecule has 0 heterocycles. The Labute approximate surface area is 113 Å². The van der Waals surface area contributed by atoms with Gasteiger partial charge < -0.3 is 14.9 Å². The molecular weight excluding hydrogens is 228 g/mol. The van der Waals surface area contributed by atoms with Gasteiger partial charge in [-0.3, -0.25) is 9.80 Å². The smallest absolute Gasteiger partial charge is 0.165 e.